The standard InChI is InChI=1S/C17H12ClN3O3S/c18-15-4-2-11(7-19-15)20-16(22)6-12-8-25-17(21-12)10-1-3-13-14(5-10)24-9-23-13/h1-5,7-8H,6,9H2,(H,20,22). The van der Waals surface area contributed by atoms with Crippen LogP contribution >= 0.6 is 22.9 Å². The third-order valence-electron chi connectivity index (χ3n) is 3.52. The molecule has 8 heteroatoms. The smallest absolute Gasteiger partial charge is 0.231 e. The number of rotatable bonds is 4. The monoisotopic (exact) mass is 373 g/mol. The summed E-state index contributed by atoms with van der Waals surface area (Å²) >= 11 is 7.21. The Labute approximate surface area is 152 Å². The van der Waals surface area contributed by atoms with E-state index >= 15 is 0 Å². The van der Waals surface area contributed by atoms with Gasteiger partial charge in [-0.3, -0.25) is 4.79 Å². The summed E-state index contributed by atoms with van der Waals surface area (Å²) in [6.07, 6.45) is 1.70. The van der Waals surface area contributed by atoms with Crippen molar-refractivity contribution in [1.82, 2.24) is 9.97 Å². The quantitative estimate of drug-likeness (QED) is 0.705. The number of carbonyl (C=O) groups is 1. The summed E-state index contributed by atoms with van der Waals surface area (Å²) in [7, 11) is 0. The third kappa shape index (κ3) is 3.57. The molecule has 0 spiro atoms. The fraction of sp³-hybridized carbons (Fsp3) is 0.118. The van der Waals surface area contributed by atoms with E-state index in [-0.39, 0.29) is 19.1 Å². The van der Waals surface area contributed by atoms with Crippen LogP contribution in [0.15, 0.2) is 41.9 Å². The van der Waals surface area contributed by atoms with E-state index in [1.54, 1.807) is 12.1 Å². The van der Waals surface area contributed by atoms with Crippen molar-refractivity contribution < 1.29 is 14.3 Å². The largest absolute Gasteiger partial charge is 0.454 e. The van der Waals surface area contributed by atoms with Gasteiger partial charge < -0.3 is 14.8 Å². The number of carbonyl (C=O) groups excluding carboxylic acids is 1. The van der Waals surface area contributed by atoms with Crippen molar-refractivity contribution in [3.63, 3.8) is 0 Å². The molecular formula is C17H12ClN3O3S. The second-order valence-electron chi connectivity index (χ2n) is 5.31. The van der Waals surface area contributed by atoms with E-state index in [1.807, 2.05) is 23.6 Å². The molecule has 3 aromatic rings. The van der Waals surface area contributed by atoms with Crippen molar-refractivity contribution in [2.45, 2.75) is 6.42 Å². The molecule has 126 valence electrons. The maximum absolute atomic E-state index is 12.1. The van der Waals surface area contributed by atoms with E-state index in [1.165, 1.54) is 17.5 Å². The first-order valence-corrected chi connectivity index (χ1v) is 8.69. The van der Waals surface area contributed by atoms with Gasteiger partial charge in [-0.2, -0.15) is 0 Å². The summed E-state index contributed by atoms with van der Waals surface area (Å²) in [5.41, 5.74) is 2.24. The minimum Gasteiger partial charge on any atom is -0.454 e. The van der Waals surface area contributed by atoms with Crippen molar-refractivity contribution in [3.8, 4) is 22.1 Å². The molecule has 0 saturated heterocycles. The Balaban J connectivity index is 1.44. The highest BCUT2D eigenvalue weighted by Crippen LogP contribution is 2.36. The van der Waals surface area contributed by atoms with Crippen LogP contribution in [-0.4, -0.2) is 22.7 Å². The maximum Gasteiger partial charge on any atom is 0.231 e. The second-order valence-corrected chi connectivity index (χ2v) is 6.55. The summed E-state index contributed by atoms with van der Waals surface area (Å²) in [5, 5.41) is 5.85. The molecule has 2 aromatic heterocycles. The predicted molar refractivity (Wildman–Crippen MR) is 95.3 cm³/mol. The van der Waals surface area contributed by atoms with Crippen molar-refractivity contribution in [2.75, 3.05) is 12.1 Å². The minimum atomic E-state index is -0.161. The normalized spacial score (nSPS) is 12.2. The van der Waals surface area contributed by atoms with Gasteiger partial charge in [-0.15, -0.1) is 11.3 Å². The molecule has 0 saturated carbocycles. The lowest BCUT2D eigenvalue weighted by Crippen LogP contribution is -2.14. The van der Waals surface area contributed by atoms with Gasteiger partial charge in [0.2, 0.25) is 12.7 Å². The number of thiazole rings is 1. The molecule has 1 amide bonds. The van der Waals surface area contributed by atoms with Crippen LogP contribution in [-0.2, 0) is 11.2 Å². The van der Waals surface area contributed by atoms with Crippen molar-refractivity contribution in [3.05, 3.63) is 52.8 Å². The van der Waals surface area contributed by atoms with Gasteiger partial charge in [0.1, 0.15) is 10.2 Å². The van der Waals surface area contributed by atoms with Crippen LogP contribution in [0.4, 0.5) is 5.69 Å². The number of halogens is 1. The Bertz CT molecular complexity index is 927. The number of pyridine rings is 1. The molecule has 6 nitrogen and oxygen atoms in total. The van der Waals surface area contributed by atoms with Gasteiger partial charge >= 0.3 is 0 Å². The summed E-state index contributed by atoms with van der Waals surface area (Å²) in [4.78, 5) is 20.6. The molecule has 0 radical (unpaired) electrons. The summed E-state index contributed by atoms with van der Waals surface area (Å²) in [6, 6.07) is 9.00. The highest BCUT2D eigenvalue weighted by atomic mass is 35.5. The Morgan fingerprint density at radius 1 is 1.24 bits per heavy atom. The Morgan fingerprint density at radius 2 is 2.12 bits per heavy atom. The average molecular weight is 374 g/mol. The van der Waals surface area contributed by atoms with Crippen LogP contribution in [0, 0.1) is 0 Å². The van der Waals surface area contributed by atoms with Crippen molar-refractivity contribution in [2.24, 2.45) is 0 Å². The van der Waals surface area contributed by atoms with Gasteiger partial charge in [-0.1, -0.05) is 11.6 Å². The Hall–Kier alpha value is -2.64. The van der Waals surface area contributed by atoms with Gasteiger partial charge in [0.05, 0.1) is 24.0 Å². The highest BCUT2D eigenvalue weighted by molar-refractivity contribution is 7.13. The van der Waals surface area contributed by atoms with Crippen LogP contribution in [0.25, 0.3) is 10.6 Å². The zero-order valence-electron chi connectivity index (χ0n) is 12.9. The lowest BCUT2D eigenvalue weighted by Gasteiger charge is -2.03. The lowest BCUT2D eigenvalue weighted by atomic mass is 10.2. The van der Waals surface area contributed by atoms with Crippen LogP contribution < -0.4 is 14.8 Å². The zero-order valence-corrected chi connectivity index (χ0v) is 14.4. The Morgan fingerprint density at radius 3 is 2.96 bits per heavy atom. The average Bonchev–Trinajstić information content (AvgIpc) is 3.25. The number of nitrogens with zero attached hydrogens (tertiary/aromatic N) is 2. The van der Waals surface area contributed by atoms with Gasteiger partial charge in [0.15, 0.2) is 11.5 Å². The van der Waals surface area contributed by atoms with Gasteiger partial charge in [-0.25, -0.2) is 9.97 Å². The maximum atomic E-state index is 12.1. The molecule has 3 heterocycles. The molecule has 1 aliphatic heterocycles. The fourth-order valence-electron chi connectivity index (χ4n) is 2.37. The van der Waals surface area contributed by atoms with Crippen LogP contribution in [0.2, 0.25) is 5.15 Å². The van der Waals surface area contributed by atoms with Crippen LogP contribution in [0.1, 0.15) is 5.69 Å². The van der Waals surface area contributed by atoms with Gasteiger partial charge in [0.25, 0.3) is 0 Å². The zero-order chi connectivity index (χ0) is 17.2. The number of fused-ring (bicyclic) bond motifs is 1. The van der Waals surface area contributed by atoms with Crippen molar-refractivity contribution >= 4 is 34.5 Å². The van der Waals surface area contributed by atoms with Crippen molar-refractivity contribution in [1.29, 1.82) is 0 Å². The summed E-state index contributed by atoms with van der Waals surface area (Å²) in [5.74, 6) is 1.28. The predicted octanol–water partition coefficient (Wildman–Crippen LogP) is 3.77. The summed E-state index contributed by atoms with van der Waals surface area (Å²) in [6.45, 7) is 0.238. The third-order valence-corrected chi connectivity index (χ3v) is 4.69. The lowest BCUT2D eigenvalue weighted by molar-refractivity contribution is -0.115. The van der Waals surface area contributed by atoms with E-state index in [2.05, 4.69) is 15.3 Å². The molecule has 4 rings (SSSR count). The number of amides is 1. The topological polar surface area (TPSA) is 73.3 Å². The van der Waals surface area contributed by atoms with E-state index in [0.29, 0.717) is 22.3 Å². The number of hydrogen-bond donors (Lipinski definition) is 1. The highest BCUT2D eigenvalue weighted by Gasteiger charge is 2.16. The van der Waals surface area contributed by atoms with E-state index in [4.69, 9.17) is 21.1 Å². The van der Waals surface area contributed by atoms with E-state index in [0.717, 1.165) is 16.3 Å². The van der Waals surface area contributed by atoms with Crippen LogP contribution in [0.5, 0.6) is 11.5 Å². The first-order valence-electron chi connectivity index (χ1n) is 7.43. The fourth-order valence-corrected chi connectivity index (χ4v) is 3.30. The first-order chi connectivity index (χ1) is 12.2. The number of hydrogen-bond acceptors (Lipinski definition) is 6. The summed E-state index contributed by atoms with van der Waals surface area (Å²) < 4.78 is 10.7. The molecule has 0 atom stereocenters. The molecule has 0 fully saturated rings. The number of anilines is 1. The molecular weight excluding hydrogens is 362 g/mol. The minimum absolute atomic E-state index is 0.161. The molecule has 1 N–H and O–H groups in total. The second kappa shape index (κ2) is 6.70. The molecule has 0 unspecified atom stereocenters. The number of ether oxygens (including phenoxy) is 2. The van der Waals surface area contributed by atoms with Gasteiger partial charge in [-0.05, 0) is 30.3 Å². The van der Waals surface area contributed by atoms with Crippen LogP contribution in [0.3, 0.4) is 0 Å². The molecule has 1 aliphatic rings. The molecule has 25 heavy (non-hydrogen) atoms. The number of benzene rings is 1. The molecule has 0 aliphatic carbocycles. The SMILES string of the molecule is O=C(Cc1csc(-c2ccc3c(c2)OCO3)n1)Nc1ccc(Cl)nc1. The first kappa shape index (κ1) is 15.9. The van der Waals surface area contributed by atoms with E-state index < -0.39 is 0 Å². The molecule has 0 bridgehead atoms. The van der Waals surface area contributed by atoms with E-state index in [9.17, 15) is 4.79 Å². The Kier molecular flexibility index (Phi) is 4.25. The number of aromatic nitrogens is 2. The number of nitrogens with one attached hydrogen (secondary N) is 1. The molecule has 1 aromatic carbocycles. The van der Waals surface area contributed by atoms with Gasteiger partial charge in [0, 0.05) is 10.9 Å².